The number of nitro benzene ring substituents is 1. The molecule has 0 heterocycles. The number of benzene rings is 1. The molecule has 1 unspecified atom stereocenters. The third kappa shape index (κ3) is 4.53. The van der Waals surface area contributed by atoms with Crippen LogP contribution in [-0.4, -0.2) is 24.1 Å². The van der Waals surface area contributed by atoms with Crippen molar-refractivity contribution in [2.75, 3.05) is 13.2 Å². The Hall–Kier alpha value is -1.55. The first-order valence-corrected chi connectivity index (χ1v) is 6.64. The summed E-state index contributed by atoms with van der Waals surface area (Å²) in [6, 6.07) is 3.86. The molecule has 0 aliphatic rings. The van der Waals surface area contributed by atoms with Gasteiger partial charge in [-0.3, -0.25) is 15.4 Å². The molecule has 0 bridgehead atoms. The monoisotopic (exact) mass is 317 g/mol. The number of ether oxygens (including phenoxy) is 1. The fourth-order valence-corrected chi connectivity index (χ4v) is 2.00. The number of nitriles is 1. The molecule has 1 aromatic carbocycles. The smallest absolute Gasteiger partial charge is 0.272 e. The number of non-ortho nitro benzene ring substituents is 1. The lowest BCUT2D eigenvalue weighted by molar-refractivity contribution is -0.384. The fraction of sp³-hybridized carbons (Fsp3) is 0.417. The SMILES string of the molecule is CCCNC(C#N)COc1c(Cl)cc([N+](=O)[O-])cc1Cl. The molecule has 20 heavy (non-hydrogen) atoms. The summed E-state index contributed by atoms with van der Waals surface area (Å²) in [5.74, 6) is 0.137. The molecule has 0 spiro atoms. The maximum Gasteiger partial charge on any atom is 0.272 e. The van der Waals surface area contributed by atoms with Crippen LogP contribution in [0.2, 0.25) is 10.0 Å². The molecule has 108 valence electrons. The molecular weight excluding hydrogens is 305 g/mol. The average Bonchev–Trinajstić information content (AvgIpc) is 2.40. The van der Waals surface area contributed by atoms with Gasteiger partial charge >= 0.3 is 0 Å². The van der Waals surface area contributed by atoms with Crippen LogP contribution in [0.25, 0.3) is 0 Å². The Balaban J connectivity index is 2.78. The molecule has 6 nitrogen and oxygen atoms in total. The predicted octanol–water partition coefficient (Wildman–Crippen LogP) is 3.17. The van der Waals surface area contributed by atoms with Crippen molar-refractivity contribution in [2.24, 2.45) is 0 Å². The molecular formula is C12H13Cl2N3O3. The summed E-state index contributed by atoms with van der Waals surface area (Å²) in [4.78, 5) is 10.0. The largest absolute Gasteiger partial charge is 0.488 e. The molecule has 0 saturated carbocycles. The van der Waals surface area contributed by atoms with Crippen molar-refractivity contribution in [3.63, 3.8) is 0 Å². The van der Waals surface area contributed by atoms with Crippen LogP contribution in [0.4, 0.5) is 5.69 Å². The van der Waals surface area contributed by atoms with Gasteiger partial charge in [0, 0.05) is 12.1 Å². The summed E-state index contributed by atoms with van der Waals surface area (Å²) in [5, 5.41) is 22.6. The van der Waals surface area contributed by atoms with Crippen molar-refractivity contribution in [2.45, 2.75) is 19.4 Å². The Bertz CT molecular complexity index is 508. The minimum Gasteiger partial charge on any atom is -0.488 e. The van der Waals surface area contributed by atoms with E-state index in [4.69, 9.17) is 33.2 Å². The van der Waals surface area contributed by atoms with Crippen LogP contribution in [0.15, 0.2) is 12.1 Å². The van der Waals surface area contributed by atoms with E-state index in [-0.39, 0.29) is 28.1 Å². The van der Waals surface area contributed by atoms with E-state index < -0.39 is 11.0 Å². The standard InChI is InChI=1S/C12H13Cl2N3O3/c1-2-3-16-8(6-15)7-20-12-10(13)4-9(17(18)19)5-11(12)14/h4-5,8,16H,2-3,7H2,1H3. The molecule has 8 heteroatoms. The second kappa shape index (κ2) is 7.90. The fourth-order valence-electron chi connectivity index (χ4n) is 1.42. The Morgan fingerprint density at radius 2 is 2.10 bits per heavy atom. The van der Waals surface area contributed by atoms with Gasteiger partial charge in [0.05, 0.1) is 21.0 Å². The maximum atomic E-state index is 10.6. The van der Waals surface area contributed by atoms with E-state index in [0.717, 1.165) is 18.6 Å². The third-order valence-electron chi connectivity index (χ3n) is 2.38. The molecule has 1 atom stereocenters. The van der Waals surface area contributed by atoms with E-state index in [0.29, 0.717) is 6.54 Å². The van der Waals surface area contributed by atoms with Crippen LogP contribution in [0, 0.1) is 21.4 Å². The van der Waals surface area contributed by atoms with Crippen molar-refractivity contribution < 1.29 is 9.66 Å². The van der Waals surface area contributed by atoms with Gasteiger partial charge in [-0.25, -0.2) is 0 Å². The van der Waals surface area contributed by atoms with Gasteiger partial charge in [0.2, 0.25) is 0 Å². The third-order valence-corrected chi connectivity index (χ3v) is 2.95. The molecule has 0 aliphatic heterocycles. The van der Waals surface area contributed by atoms with Crippen molar-refractivity contribution in [3.05, 3.63) is 32.3 Å². The van der Waals surface area contributed by atoms with Crippen LogP contribution in [0.3, 0.4) is 0 Å². The van der Waals surface area contributed by atoms with Crippen LogP contribution < -0.4 is 10.1 Å². The van der Waals surface area contributed by atoms with Gasteiger partial charge in [-0.1, -0.05) is 30.1 Å². The summed E-state index contributed by atoms with van der Waals surface area (Å²) in [6.07, 6.45) is 0.886. The number of nitro groups is 1. The highest BCUT2D eigenvalue weighted by Gasteiger charge is 2.17. The minimum absolute atomic E-state index is 0.0383. The van der Waals surface area contributed by atoms with Gasteiger partial charge in [-0.05, 0) is 13.0 Å². The van der Waals surface area contributed by atoms with Crippen LogP contribution in [-0.2, 0) is 0 Å². The lowest BCUT2D eigenvalue weighted by Crippen LogP contribution is -2.33. The van der Waals surface area contributed by atoms with Crippen LogP contribution in [0.1, 0.15) is 13.3 Å². The highest BCUT2D eigenvalue weighted by molar-refractivity contribution is 6.37. The molecule has 0 aliphatic carbocycles. The van der Waals surface area contributed by atoms with E-state index >= 15 is 0 Å². The van der Waals surface area contributed by atoms with Crippen LogP contribution >= 0.6 is 23.2 Å². The molecule has 0 aromatic heterocycles. The first-order valence-electron chi connectivity index (χ1n) is 5.88. The number of nitrogens with one attached hydrogen (secondary N) is 1. The first kappa shape index (κ1) is 16.5. The topological polar surface area (TPSA) is 88.2 Å². The number of nitrogens with zero attached hydrogens (tertiary/aromatic N) is 2. The summed E-state index contributed by atoms with van der Waals surface area (Å²) < 4.78 is 5.38. The second-order valence-electron chi connectivity index (χ2n) is 3.94. The normalized spacial score (nSPS) is 11.7. The van der Waals surface area contributed by atoms with Gasteiger partial charge in [-0.15, -0.1) is 0 Å². The number of rotatable bonds is 7. The Morgan fingerprint density at radius 3 is 2.55 bits per heavy atom. The van der Waals surface area contributed by atoms with E-state index in [2.05, 4.69) is 5.32 Å². The summed E-state index contributed by atoms with van der Waals surface area (Å²) in [6.45, 7) is 2.71. The average molecular weight is 318 g/mol. The van der Waals surface area contributed by atoms with E-state index in [1.165, 1.54) is 0 Å². The number of halogens is 2. The molecule has 1 N–H and O–H groups in total. The summed E-state index contributed by atoms with van der Waals surface area (Å²) in [5.41, 5.74) is -0.215. The predicted molar refractivity (Wildman–Crippen MR) is 76.3 cm³/mol. The van der Waals surface area contributed by atoms with Crippen molar-refractivity contribution in [3.8, 4) is 11.8 Å². The first-order chi connectivity index (χ1) is 9.49. The molecule has 1 rings (SSSR count). The highest BCUT2D eigenvalue weighted by Crippen LogP contribution is 2.36. The zero-order valence-electron chi connectivity index (χ0n) is 10.7. The van der Waals surface area contributed by atoms with Gasteiger partial charge < -0.3 is 4.74 Å². The number of hydrogen-bond acceptors (Lipinski definition) is 5. The quantitative estimate of drug-likeness (QED) is 0.616. The lowest BCUT2D eigenvalue weighted by Gasteiger charge is -2.14. The summed E-state index contributed by atoms with van der Waals surface area (Å²) >= 11 is 11.8. The second-order valence-corrected chi connectivity index (χ2v) is 4.76. The zero-order chi connectivity index (χ0) is 15.1. The molecule has 0 saturated heterocycles. The van der Waals surface area contributed by atoms with E-state index in [1.54, 1.807) is 0 Å². The van der Waals surface area contributed by atoms with Crippen LogP contribution in [0.5, 0.6) is 5.75 Å². The summed E-state index contributed by atoms with van der Waals surface area (Å²) in [7, 11) is 0. The highest BCUT2D eigenvalue weighted by atomic mass is 35.5. The number of hydrogen-bond donors (Lipinski definition) is 1. The van der Waals surface area contributed by atoms with Crippen molar-refractivity contribution >= 4 is 28.9 Å². The molecule has 1 aromatic rings. The van der Waals surface area contributed by atoms with Crippen molar-refractivity contribution in [1.29, 1.82) is 5.26 Å². The van der Waals surface area contributed by atoms with E-state index in [9.17, 15) is 10.1 Å². The van der Waals surface area contributed by atoms with E-state index in [1.807, 2.05) is 13.0 Å². The van der Waals surface area contributed by atoms with Gasteiger partial charge in [0.1, 0.15) is 12.6 Å². The molecule has 0 radical (unpaired) electrons. The van der Waals surface area contributed by atoms with Crippen molar-refractivity contribution in [1.82, 2.24) is 5.32 Å². The Labute approximate surface area is 126 Å². The van der Waals surface area contributed by atoms with Gasteiger partial charge in [0.15, 0.2) is 5.75 Å². The molecule has 0 amide bonds. The maximum absolute atomic E-state index is 10.6. The van der Waals surface area contributed by atoms with Gasteiger partial charge in [0.25, 0.3) is 5.69 Å². The Kier molecular flexibility index (Phi) is 6.52. The zero-order valence-corrected chi connectivity index (χ0v) is 12.2. The Morgan fingerprint density at radius 1 is 1.50 bits per heavy atom. The van der Waals surface area contributed by atoms with Gasteiger partial charge in [-0.2, -0.15) is 5.26 Å². The molecule has 0 fully saturated rings. The minimum atomic E-state index is -0.595. The lowest BCUT2D eigenvalue weighted by atomic mass is 10.3.